The van der Waals surface area contributed by atoms with E-state index in [-0.39, 0.29) is 0 Å². The maximum Gasteiger partial charge on any atom is 0.321 e. The van der Waals surface area contributed by atoms with E-state index < -0.39 is 11.9 Å². The Balaban J connectivity index is 2.88. The van der Waals surface area contributed by atoms with Crippen molar-refractivity contribution in [2.45, 2.75) is 54.4 Å². The third-order valence-electron chi connectivity index (χ3n) is 5.49. The van der Waals surface area contributed by atoms with Gasteiger partial charge >= 0.3 is 5.97 Å². The number of pyridine rings is 1. The molecule has 1 N–H and O–H groups in total. The first-order chi connectivity index (χ1) is 11.1. The highest BCUT2D eigenvalue weighted by molar-refractivity contribution is 5.81. The molecule has 2 rings (SSSR count). The van der Waals surface area contributed by atoms with Crippen molar-refractivity contribution >= 4 is 5.97 Å². The zero-order valence-corrected chi connectivity index (χ0v) is 16.0. The van der Waals surface area contributed by atoms with E-state index in [2.05, 4.69) is 26.8 Å². The monoisotopic (exact) mass is 326 g/mol. The number of carbonyl (C=O) groups is 1. The summed E-state index contributed by atoms with van der Waals surface area (Å²) in [6.07, 6.45) is 2.00. The van der Waals surface area contributed by atoms with Crippen molar-refractivity contribution in [3.63, 3.8) is 0 Å². The Bertz CT molecular complexity index is 782. The SMILES string of the molecule is Cc1cc(C)c(C(C(=O)O)c2c(C)c(C)c(C)c(C)c2C)[n+](C)c1. The lowest BCUT2D eigenvalue weighted by Gasteiger charge is -2.23. The fraction of sp³-hybridized carbons (Fsp3) is 0.429. The van der Waals surface area contributed by atoms with Gasteiger partial charge in [0.2, 0.25) is 5.69 Å². The summed E-state index contributed by atoms with van der Waals surface area (Å²) in [6, 6.07) is 2.06. The Morgan fingerprint density at radius 1 is 0.917 bits per heavy atom. The number of aliphatic carboxylic acids is 1. The van der Waals surface area contributed by atoms with Crippen molar-refractivity contribution in [1.82, 2.24) is 0 Å². The third kappa shape index (κ3) is 2.83. The number of nitrogens with zero attached hydrogens (tertiary/aromatic N) is 1. The molecule has 0 saturated heterocycles. The van der Waals surface area contributed by atoms with Crippen molar-refractivity contribution in [3.8, 4) is 0 Å². The second-order valence-electron chi connectivity index (χ2n) is 7.01. The molecule has 0 aliphatic carbocycles. The molecule has 3 heteroatoms. The molecule has 0 fully saturated rings. The fourth-order valence-corrected chi connectivity index (χ4v) is 3.88. The summed E-state index contributed by atoms with van der Waals surface area (Å²) in [7, 11) is 1.93. The molecule has 0 aliphatic rings. The predicted molar refractivity (Wildman–Crippen MR) is 96.7 cm³/mol. The van der Waals surface area contributed by atoms with Gasteiger partial charge in [-0.05, 0) is 87.9 Å². The topological polar surface area (TPSA) is 41.2 Å². The first-order valence-corrected chi connectivity index (χ1v) is 8.34. The number of aryl methyl sites for hydroxylation is 3. The largest absolute Gasteiger partial charge is 0.480 e. The van der Waals surface area contributed by atoms with E-state index in [0.717, 1.165) is 33.5 Å². The second-order valence-corrected chi connectivity index (χ2v) is 7.01. The van der Waals surface area contributed by atoms with Gasteiger partial charge in [0.05, 0.1) is 0 Å². The van der Waals surface area contributed by atoms with Crippen LogP contribution >= 0.6 is 0 Å². The van der Waals surface area contributed by atoms with Crippen molar-refractivity contribution in [2.24, 2.45) is 7.05 Å². The molecule has 1 atom stereocenters. The summed E-state index contributed by atoms with van der Waals surface area (Å²) in [5, 5.41) is 10.1. The number of rotatable bonds is 3. The van der Waals surface area contributed by atoms with Crippen LogP contribution in [0.4, 0.5) is 0 Å². The van der Waals surface area contributed by atoms with Crippen LogP contribution in [0.3, 0.4) is 0 Å². The van der Waals surface area contributed by atoms with Crippen molar-refractivity contribution in [2.75, 3.05) is 0 Å². The summed E-state index contributed by atoms with van der Waals surface area (Å²) >= 11 is 0. The normalized spacial score (nSPS) is 12.3. The molecule has 0 saturated carbocycles. The number of carboxylic acid groups (broad SMARTS) is 1. The minimum absolute atomic E-state index is 0.659. The molecule has 1 unspecified atom stereocenters. The summed E-state index contributed by atoms with van der Waals surface area (Å²) in [5.41, 5.74) is 9.73. The van der Waals surface area contributed by atoms with Gasteiger partial charge in [-0.25, -0.2) is 4.57 Å². The lowest BCUT2D eigenvalue weighted by molar-refractivity contribution is -0.680. The van der Waals surface area contributed by atoms with E-state index in [1.807, 2.05) is 45.5 Å². The van der Waals surface area contributed by atoms with E-state index in [1.165, 1.54) is 16.7 Å². The average molecular weight is 326 g/mol. The highest BCUT2D eigenvalue weighted by Crippen LogP contribution is 2.35. The smallest absolute Gasteiger partial charge is 0.321 e. The fourth-order valence-electron chi connectivity index (χ4n) is 3.88. The van der Waals surface area contributed by atoms with Crippen LogP contribution in [0.25, 0.3) is 0 Å². The molecule has 0 bridgehead atoms. The molecular weight excluding hydrogens is 298 g/mol. The number of hydrogen-bond donors (Lipinski definition) is 1. The summed E-state index contributed by atoms with van der Waals surface area (Å²) in [4.78, 5) is 12.3. The van der Waals surface area contributed by atoms with Gasteiger partial charge in [-0.3, -0.25) is 4.79 Å². The maximum atomic E-state index is 12.3. The molecule has 1 aromatic heterocycles. The van der Waals surface area contributed by atoms with Crippen LogP contribution < -0.4 is 4.57 Å². The summed E-state index contributed by atoms with van der Waals surface area (Å²) in [5.74, 6) is -1.46. The lowest BCUT2D eigenvalue weighted by atomic mass is 9.81. The van der Waals surface area contributed by atoms with Crippen LogP contribution in [-0.4, -0.2) is 11.1 Å². The molecule has 0 spiro atoms. The third-order valence-corrected chi connectivity index (χ3v) is 5.49. The Hall–Kier alpha value is -2.16. The molecule has 2 aromatic rings. The molecule has 0 aliphatic heterocycles. The van der Waals surface area contributed by atoms with Crippen LogP contribution in [0.2, 0.25) is 0 Å². The van der Waals surface area contributed by atoms with Crippen LogP contribution in [0, 0.1) is 48.5 Å². The van der Waals surface area contributed by atoms with E-state index in [0.29, 0.717) is 0 Å². The Morgan fingerprint density at radius 3 is 1.79 bits per heavy atom. The summed E-state index contributed by atoms with van der Waals surface area (Å²) < 4.78 is 1.97. The molecular formula is C21H28NO2+. The van der Waals surface area contributed by atoms with Crippen LogP contribution in [0.1, 0.15) is 56.1 Å². The van der Waals surface area contributed by atoms with E-state index >= 15 is 0 Å². The Labute approximate surface area is 145 Å². The van der Waals surface area contributed by atoms with Crippen molar-refractivity contribution in [3.05, 3.63) is 62.5 Å². The zero-order chi connectivity index (χ0) is 18.3. The standard InChI is InChI=1S/C21H27NO2/c1-11-9-12(2)20(22(8)10-11)19(21(23)24)18-16(6)14(4)13(3)15(5)17(18)7/h9-10,19H,1-8H3/p+1. The van der Waals surface area contributed by atoms with Gasteiger partial charge in [0, 0.05) is 11.1 Å². The maximum absolute atomic E-state index is 12.3. The molecule has 1 heterocycles. The minimum atomic E-state index is -0.800. The number of hydrogen-bond acceptors (Lipinski definition) is 1. The van der Waals surface area contributed by atoms with Gasteiger partial charge in [0.1, 0.15) is 7.05 Å². The molecule has 3 nitrogen and oxygen atoms in total. The van der Waals surface area contributed by atoms with Crippen LogP contribution in [-0.2, 0) is 11.8 Å². The van der Waals surface area contributed by atoms with E-state index in [4.69, 9.17) is 0 Å². The molecule has 0 amide bonds. The van der Waals surface area contributed by atoms with Crippen LogP contribution in [0.5, 0.6) is 0 Å². The minimum Gasteiger partial charge on any atom is -0.480 e. The number of benzene rings is 1. The number of carboxylic acids is 1. The van der Waals surface area contributed by atoms with Gasteiger partial charge in [0.15, 0.2) is 12.1 Å². The summed E-state index contributed by atoms with van der Waals surface area (Å²) in [6.45, 7) is 14.4. The van der Waals surface area contributed by atoms with Gasteiger partial charge in [-0.2, -0.15) is 0 Å². The van der Waals surface area contributed by atoms with Crippen LogP contribution in [0.15, 0.2) is 12.3 Å². The van der Waals surface area contributed by atoms with Gasteiger partial charge < -0.3 is 5.11 Å². The molecule has 24 heavy (non-hydrogen) atoms. The second kappa shape index (κ2) is 6.39. The first kappa shape index (κ1) is 18.2. The highest BCUT2D eigenvalue weighted by Gasteiger charge is 2.35. The van der Waals surface area contributed by atoms with Crippen molar-refractivity contribution in [1.29, 1.82) is 0 Å². The first-order valence-electron chi connectivity index (χ1n) is 8.34. The Kier molecular flexibility index (Phi) is 4.84. The Morgan fingerprint density at radius 2 is 1.38 bits per heavy atom. The van der Waals surface area contributed by atoms with Gasteiger partial charge in [0.25, 0.3) is 0 Å². The average Bonchev–Trinajstić information content (AvgIpc) is 2.48. The van der Waals surface area contributed by atoms with Crippen molar-refractivity contribution < 1.29 is 14.5 Å². The zero-order valence-electron chi connectivity index (χ0n) is 16.0. The molecule has 0 radical (unpaired) electrons. The molecule has 128 valence electrons. The lowest BCUT2D eigenvalue weighted by Crippen LogP contribution is -2.39. The van der Waals surface area contributed by atoms with Gasteiger partial charge in [-0.1, -0.05) is 0 Å². The quantitative estimate of drug-likeness (QED) is 0.870. The van der Waals surface area contributed by atoms with E-state index in [1.54, 1.807) is 0 Å². The highest BCUT2D eigenvalue weighted by atomic mass is 16.4. The molecule has 1 aromatic carbocycles. The number of aromatic nitrogens is 1. The predicted octanol–water partition coefficient (Wildman–Crippen LogP) is 3.89. The van der Waals surface area contributed by atoms with E-state index in [9.17, 15) is 9.90 Å². The van der Waals surface area contributed by atoms with Gasteiger partial charge in [-0.15, -0.1) is 0 Å².